The van der Waals surface area contributed by atoms with Crippen molar-refractivity contribution in [1.82, 2.24) is 0 Å². The highest BCUT2D eigenvalue weighted by molar-refractivity contribution is 6.02. The van der Waals surface area contributed by atoms with E-state index in [0.717, 1.165) is 17.2 Å². The number of nitrogens with one attached hydrogen (secondary N) is 1. The third-order valence-electron chi connectivity index (χ3n) is 3.40. The van der Waals surface area contributed by atoms with Crippen molar-refractivity contribution in [3.8, 4) is 17.2 Å². The van der Waals surface area contributed by atoms with Crippen LogP contribution in [0, 0.1) is 0 Å². The topological polar surface area (TPSA) is 60.7 Å². The third kappa shape index (κ3) is 4.51. The summed E-state index contributed by atoms with van der Waals surface area (Å²) in [6.07, 6.45) is 4.46. The first-order valence-corrected chi connectivity index (χ1v) is 7.67. The number of anilines is 1. The Kier molecular flexibility index (Phi) is 5.16. The molecule has 0 saturated heterocycles. The van der Waals surface area contributed by atoms with Crippen molar-refractivity contribution in [1.29, 1.82) is 0 Å². The van der Waals surface area contributed by atoms with E-state index in [0.29, 0.717) is 11.5 Å². The first-order chi connectivity index (χ1) is 12.2. The lowest BCUT2D eigenvalue weighted by Crippen LogP contribution is -1.94. The van der Waals surface area contributed by atoms with Crippen LogP contribution in [0.4, 0.5) is 5.69 Å². The largest absolute Gasteiger partial charge is 0.497 e. The average Bonchev–Trinajstić information content (AvgIpc) is 3.19. The fraction of sp³-hybridized carbons (Fsp3) is 0.0500. The molecule has 0 unspecified atom stereocenters. The summed E-state index contributed by atoms with van der Waals surface area (Å²) in [5.41, 5.74) is 0.838. The summed E-state index contributed by atoms with van der Waals surface area (Å²) in [4.78, 5) is 11.7. The molecular formula is C20H17NO4. The van der Waals surface area contributed by atoms with Gasteiger partial charge >= 0.3 is 0 Å². The minimum absolute atomic E-state index is 0.197. The van der Waals surface area contributed by atoms with Gasteiger partial charge in [-0.05, 0) is 60.7 Å². The van der Waals surface area contributed by atoms with Crippen LogP contribution in [0.25, 0.3) is 0 Å². The van der Waals surface area contributed by atoms with Gasteiger partial charge in [0.2, 0.25) is 5.78 Å². The Hall–Kier alpha value is -3.47. The van der Waals surface area contributed by atoms with Gasteiger partial charge in [0.1, 0.15) is 17.2 Å². The summed E-state index contributed by atoms with van der Waals surface area (Å²) >= 11 is 0. The molecule has 0 bridgehead atoms. The molecule has 2 aromatic carbocycles. The number of rotatable bonds is 7. The van der Waals surface area contributed by atoms with Crippen molar-refractivity contribution < 1.29 is 18.7 Å². The number of hydrogen-bond acceptors (Lipinski definition) is 5. The monoisotopic (exact) mass is 335 g/mol. The molecule has 1 aromatic heterocycles. The molecular weight excluding hydrogens is 318 g/mol. The van der Waals surface area contributed by atoms with Crippen LogP contribution in [0.1, 0.15) is 10.6 Å². The quantitative estimate of drug-likeness (QED) is 0.492. The van der Waals surface area contributed by atoms with Crippen LogP contribution >= 0.6 is 0 Å². The van der Waals surface area contributed by atoms with Gasteiger partial charge in [-0.3, -0.25) is 4.79 Å². The second-order valence-electron chi connectivity index (χ2n) is 5.12. The third-order valence-corrected chi connectivity index (χ3v) is 3.40. The van der Waals surface area contributed by atoms with Crippen molar-refractivity contribution in [2.45, 2.75) is 0 Å². The zero-order chi connectivity index (χ0) is 17.5. The molecule has 0 aliphatic rings. The molecule has 25 heavy (non-hydrogen) atoms. The zero-order valence-electron chi connectivity index (χ0n) is 13.6. The molecule has 0 atom stereocenters. The number of ether oxygens (including phenoxy) is 2. The van der Waals surface area contributed by atoms with E-state index in [2.05, 4.69) is 5.32 Å². The molecule has 126 valence electrons. The van der Waals surface area contributed by atoms with Crippen LogP contribution in [-0.4, -0.2) is 12.9 Å². The molecule has 0 aliphatic carbocycles. The Morgan fingerprint density at radius 3 is 2.20 bits per heavy atom. The Balaban J connectivity index is 1.55. The molecule has 3 rings (SSSR count). The first kappa shape index (κ1) is 16.4. The predicted molar refractivity (Wildman–Crippen MR) is 95.3 cm³/mol. The number of furan rings is 1. The summed E-state index contributed by atoms with van der Waals surface area (Å²) in [6.45, 7) is 0. The second kappa shape index (κ2) is 7.88. The standard InChI is InChI=1S/C20H17NO4/c1-23-16-8-10-18(11-9-16)25-17-6-4-15(5-7-17)21-13-12-19(22)20-3-2-14-24-20/h2-14,21H,1H3/b13-12+. The van der Waals surface area contributed by atoms with E-state index in [1.165, 1.54) is 12.3 Å². The Bertz CT molecular complexity index is 834. The number of carbonyl (C=O) groups is 1. The molecule has 1 heterocycles. The van der Waals surface area contributed by atoms with E-state index < -0.39 is 0 Å². The smallest absolute Gasteiger partial charge is 0.222 e. The average molecular weight is 335 g/mol. The Labute approximate surface area is 145 Å². The summed E-state index contributed by atoms with van der Waals surface area (Å²) < 4.78 is 15.9. The van der Waals surface area contributed by atoms with E-state index in [1.807, 2.05) is 48.5 Å². The number of hydrogen-bond donors (Lipinski definition) is 1. The van der Waals surface area contributed by atoms with Crippen molar-refractivity contribution in [2.24, 2.45) is 0 Å². The van der Waals surface area contributed by atoms with Gasteiger partial charge in [0.05, 0.1) is 13.4 Å². The van der Waals surface area contributed by atoms with Crippen molar-refractivity contribution in [2.75, 3.05) is 12.4 Å². The number of benzene rings is 2. The Morgan fingerprint density at radius 2 is 1.60 bits per heavy atom. The number of ketones is 1. The lowest BCUT2D eigenvalue weighted by atomic mass is 10.3. The molecule has 0 radical (unpaired) electrons. The number of carbonyl (C=O) groups excluding carboxylic acids is 1. The van der Waals surface area contributed by atoms with Gasteiger partial charge in [-0.2, -0.15) is 0 Å². The van der Waals surface area contributed by atoms with E-state index in [1.54, 1.807) is 25.4 Å². The van der Waals surface area contributed by atoms with E-state index in [-0.39, 0.29) is 5.78 Å². The predicted octanol–water partition coefficient (Wildman–Crippen LogP) is 4.89. The van der Waals surface area contributed by atoms with Crippen LogP contribution in [0.3, 0.4) is 0 Å². The summed E-state index contributed by atoms with van der Waals surface area (Å²) in [6, 6.07) is 18.1. The van der Waals surface area contributed by atoms with Crippen molar-refractivity contribution in [3.63, 3.8) is 0 Å². The van der Waals surface area contributed by atoms with Crippen LogP contribution in [0.5, 0.6) is 17.2 Å². The number of methoxy groups -OCH3 is 1. The molecule has 0 saturated carbocycles. The summed E-state index contributed by atoms with van der Waals surface area (Å²) in [5, 5.41) is 3.03. The maximum absolute atomic E-state index is 11.7. The zero-order valence-corrected chi connectivity index (χ0v) is 13.6. The second-order valence-corrected chi connectivity index (χ2v) is 5.12. The van der Waals surface area contributed by atoms with Gasteiger partial charge in [-0.25, -0.2) is 0 Å². The van der Waals surface area contributed by atoms with Gasteiger partial charge in [-0.15, -0.1) is 0 Å². The van der Waals surface area contributed by atoms with E-state index in [9.17, 15) is 4.79 Å². The van der Waals surface area contributed by atoms with Gasteiger partial charge in [0, 0.05) is 18.0 Å². The highest BCUT2D eigenvalue weighted by Crippen LogP contribution is 2.24. The van der Waals surface area contributed by atoms with Crippen LogP contribution in [0.15, 0.2) is 83.6 Å². The van der Waals surface area contributed by atoms with Gasteiger partial charge < -0.3 is 19.2 Å². The van der Waals surface area contributed by atoms with Crippen LogP contribution in [0.2, 0.25) is 0 Å². The highest BCUT2D eigenvalue weighted by atomic mass is 16.5. The summed E-state index contributed by atoms with van der Waals surface area (Å²) in [7, 11) is 1.62. The molecule has 0 amide bonds. The maximum Gasteiger partial charge on any atom is 0.222 e. The fourth-order valence-electron chi connectivity index (χ4n) is 2.11. The lowest BCUT2D eigenvalue weighted by molar-refractivity contribution is 0.102. The highest BCUT2D eigenvalue weighted by Gasteiger charge is 2.03. The van der Waals surface area contributed by atoms with Gasteiger partial charge in [0.15, 0.2) is 5.76 Å². The molecule has 1 N–H and O–H groups in total. The summed E-state index contributed by atoms with van der Waals surface area (Å²) in [5.74, 6) is 2.33. The van der Waals surface area contributed by atoms with Crippen molar-refractivity contribution >= 4 is 11.5 Å². The lowest BCUT2D eigenvalue weighted by Gasteiger charge is -2.07. The molecule has 5 heteroatoms. The van der Waals surface area contributed by atoms with Gasteiger partial charge in [0.25, 0.3) is 0 Å². The normalized spacial score (nSPS) is 10.6. The molecule has 0 aliphatic heterocycles. The molecule has 0 spiro atoms. The minimum atomic E-state index is -0.197. The maximum atomic E-state index is 11.7. The first-order valence-electron chi connectivity index (χ1n) is 7.67. The number of allylic oxidation sites excluding steroid dienone is 1. The molecule has 0 fully saturated rings. The van der Waals surface area contributed by atoms with Crippen LogP contribution in [-0.2, 0) is 0 Å². The van der Waals surface area contributed by atoms with Crippen LogP contribution < -0.4 is 14.8 Å². The van der Waals surface area contributed by atoms with E-state index in [4.69, 9.17) is 13.9 Å². The van der Waals surface area contributed by atoms with Gasteiger partial charge in [-0.1, -0.05) is 0 Å². The SMILES string of the molecule is COc1ccc(Oc2ccc(N/C=C/C(=O)c3ccco3)cc2)cc1. The molecule has 5 nitrogen and oxygen atoms in total. The fourth-order valence-corrected chi connectivity index (χ4v) is 2.11. The Morgan fingerprint density at radius 1 is 0.960 bits per heavy atom. The van der Waals surface area contributed by atoms with E-state index >= 15 is 0 Å². The van der Waals surface area contributed by atoms with Crippen molar-refractivity contribution in [3.05, 3.63) is 85.0 Å². The molecule has 3 aromatic rings. The minimum Gasteiger partial charge on any atom is -0.497 e.